The minimum absolute atomic E-state index is 0.150. The lowest BCUT2D eigenvalue weighted by molar-refractivity contribution is 0.172. The summed E-state index contributed by atoms with van der Waals surface area (Å²) in [4.78, 5) is 2.14. The summed E-state index contributed by atoms with van der Waals surface area (Å²) < 4.78 is 10.6. The van der Waals surface area contributed by atoms with Gasteiger partial charge in [0.15, 0.2) is 11.5 Å². The van der Waals surface area contributed by atoms with Crippen molar-refractivity contribution in [1.29, 1.82) is 5.26 Å². The highest BCUT2D eigenvalue weighted by molar-refractivity contribution is 5.43. The molecule has 1 aromatic carbocycles. The van der Waals surface area contributed by atoms with Crippen LogP contribution >= 0.6 is 0 Å². The van der Waals surface area contributed by atoms with Gasteiger partial charge in [-0.2, -0.15) is 5.26 Å². The zero-order chi connectivity index (χ0) is 15.2. The van der Waals surface area contributed by atoms with Gasteiger partial charge in [0.2, 0.25) is 0 Å². The Morgan fingerprint density at radius 2 is 2.05 bits per heavy atom. The summed E-state index contributed by atoms with van der Waals surface area (Å²) in [5.41, 5.74) is 7.32. The molecule has 2 N–H and O–H groups in total. The number of benzene rings is 1. The molecule has 2 unspecified atom stereocenters. The van der Waals surface area contributed by atoms with Crippen LogP contribution in [0.2, 0.25) is 0 Å². The number of likely N-dealkylation sites (tertiary alicyclic amines) is 1. The number of nitrogens with zero attached hydrogens (tertiary/aromatic N) is 2. The summed E-state index contributed by atoms with van der Waals surface area (Å²) in [6.45, 7) is 2.20. The third-order valence-corrected chi connectivity index (χ3v) is 3.91. The average Bonchev–Trinajstić information content (AvgIpc) is 2.46. The van der Waals surface area contributed by atoms with Gasteiger partial charge in [-0.15, -0.1) is 0 Å². The Labute approximate surface area is 126 Å². The summed E-state index contributed by atoms with van der Waals surface area (Å²) in [5.74, 6) is 1.97. The molecular formula is C16H23N3O2. The molecular weight excluding hydrogens is 266 g/mol. The van der Waals surface area contributed by atoms with Crippen molar-refractivity contribution in [3.63, 3.8) is 0 Å². The SMILES string of the molecule is COc1ccc(CC2CC(N)CN(CC#N)C2)cc1OC. The molecule has 1 aromatic rings. The van der Waals surface area contributed by atoms with Crippen molar-refractivity contribution < 1.29 is 9.47 Å². The minimum Gasteiger partial charge on any atom is -0.493 e. The topological polar surface area (TPSA) is 71.5 Å². The number of hydrogen-bond acceptors (Lipinski definition) is 5. The molecule has 5 heteroatoms. The van der Waals surface area contributed by atoms with Crippen molar-refractivity contribution in [3.8, 4) is 17.6 Å². The van der Waals surface area contributed by atoms with E-state index in [1.807, 2.05) is 12.1 Å². The largest absolute Gasteiger partial charge is 0.493 e. The van der Waals surface area contributed by atoms with Gasteiger partial charge in [0.1, 0.15) is 0 Å². The molecule has 0 spiro atoms. The number of ether oxygens (including phenoxy) is 2. The molecule has 1 aliphatic heterocycles. The quantitative estimate of drug-likeness (QED) is 0.830. The van der Waals surface area contributed by atoms with E-state index >= 15 is 0 Å². The maximum absolute atomic E-state index is 8.84. The van der Waals surface area contributed by atoms with E-state index in [-0.39, 0.29) is 6.04 Å². The molecule has 2 rings (SSSR count). The first-order valence-corrected chi connectivity index (χ1v) is 7.22. The summed E-state index contributed by atoms with van der Waals surface area (Å²) in [7, 11) is 3.28. The lowest BCUT2D eigenvalue weighted by atomic mass is 9.89. The van der Waals surface area contributed by atoms with Crippen LogP contribution in [0.25, 0.3) is 0 Å². The fraction of sp³-hybridized carbons (Fsp3) is 0.562. The van der Waals surface area contributed by atoms with Crippen molar-refractivity contribution in [2.75, 3.05) is 33.9 Å². The summed E-state index contributed by atoms with van der Waals surface area (Å²) >= 11 is 0. The number of nitrogens with two attached hydrogens (primary N) is 1. The first-order chi connectivity index (χ1) is 10.2. The van der Waals surface area contributed by atoms with Crippen molar-refractivity contribution >= 4 is 0 Å². The first kappa shape index (κ1) is 15.6. The molecule has 0 radical (unpaired) electrons. The van der Waals surface area contributed by atoms with Crippen LogP contribution in [0.5, 0.6) is 11.5 Å². The van der Waals surface area contributed by atoms with Crippen LogP contribution in [0.1, 0.15) is 12.0 Å². The lowest BCUT2D eigenvalue weighted by Gasteiger charge is -2.35. The fourth-order valence-electron chi connectivity index (χ4n) is 3.07. The van der Waals surface area contributed by atoms with Gasteiger partial charge in [0.25, 0.3) is 0 Å². The molecule has 21 heavy (non-hydrogen) atoms. The van der Waals surface area contributed by atoms with Crippen LogP contribution in [0.4, 0.5) is 0 Å². The van der Waals surface area contributed by atoms with Gasteiger partial charge >= 0.3 is 0 Å². The van der Waals surface area contributed by atoms with E-state index in [1.54, 1.807) is 14.2 Å². The third-order valence-electron chi connectivity index (χ3n) is 3.91. The van der Waals surface area contributed by atoms with Crippen LogP contribution in [-0.4, -0.2) is 44.8 Å². The normalized spacial score (nSPS) is 22.6. The predicted octanol–water partition coefficient (Wildman–Crippen LogP) is 1.42. The Hall–Kier alpha value is -1.77. The maximum Gasteiger partial charge on any atom is 0.160 e. The Morgan fingerprint density at radius 3 is 2.71 bits per heavy atom. The Morgan fingerprint density at radius 1 is 1.29 bits per heavy atom. The van der Waals surface area contributed by atoms with Gasteiger partial charge in [-0.05, 0) is 36.5 Å². The fourth-order valence-corrected chi connectivity index (χ4v) is 3.07. The highest BCUT2D eigenvalue weighted by Crippen LogP contribution is 2.29. The summed E-state index contributed by atoms with van der Waals surface area (Å²) in [6.07, 6.45) is 1.94. The zero-order valence-corrected chi connectivity index (χ0v) is 12.7. The van der Waals surface area contributed by atoms with E-state index < -0.39 is 0 Å². The van der Waals surface area contributed by atoms with Crippen LogP contribution < -0.4 is 15.2 Å². The van der Waals surface area contributed by atoms with E-state index in [1.165, 1.54) is 5.56 Å². The number of hydrogen-bond donors (Lipinski definition) is 1. The molecule has 1 saturated heterocycles. The molecule has 5 nitrogen and oxygen atoms in total. The number of rotatable bonds is 5. The number of nitriles is 1. The van der Waals surface area contributed by atoms with E-state index in [0.717, 1.165) is 37.4 Å². The van der Waals surface area contributed by atoms with Crippen molar-refractivity contribution in [1.82, 2.24) is 4.90 Å². The Balaban J connectivity index is 2.05. The highest BCUT2D eigenvalue weighted by atomic mass is 16.5. The maximum atomic E-state index is 8.84. The standard InChI is InChI=1S/C16H23N3O2/c1-20-15-4-3-12(9-16(15)21-2)7-13-8-14(18)11-19(10-13)6-5-17/h3-4,9,13-14H,6-8,10-11,18H2,1-2H3. The van der Waals surface area contributed by atoms with Gasteiger partial charge in [0, 0.05) is 19.1 Å². The highest BCUT2D eigenvalue weighted by Gasteiger charge is 2.25. The van der Waals surface area contributed by atoms with Gasteiger partial charge in [-0.3, -0.25) is 4.90 Å². The van der Waals surface area contributed by atoms with Gasteiger partial charge < -0.3 is 15.2 Å². The average molecular weight is 289 g/mol. The second kappa shape index (κ2) is 7.30. The molecule has 1 heterocycles. The molecule has 0 bridgehead atoms. The molecule has 1 aliphatic rings. The van der Waals surface area contributed by atoms with Crippen LogP contribution in [0.3, 0.4) is 0 Å². The van der Waals surface area contributed by atoms with E-state index in [2.05, 4.69) is 17.0 Å². The van der Waals surface area contributed by atoms with Crippen molar-refractivity contribution in [2.24, 2.45) is 11.7 Å². The third kappa shape index (κ3) is 4.10. The summed E-state index contributed by atoms with van der Waals surface area (Å²) in [6, 6.07) is 8.38. The van der Waals surface area contributed by atoms with Crippen molar-refractivity contribution in [3.05, 3.63) is 23.8 Å². The summed E-state index contributed by atoms with van der Waals surface area (Å²) in [5, 5.41) is 8.84. The van der Waals surface area contributed by atoms with Gasteiger partial charge in [-0.1, -0.05) is 6.07 Å². The molecule has 1 fully saturated rings. The number of piperidine rings is 1. The second-order valence-electron chi connectivity index (χ2n) is 5.61. The van der Waals surface area contributed by atoms with Crippen LogP contribution in [-0.2, 0) is 6.42 Å². The second-order valence-corrected chi connectivity index (χ2v) is 5.61. The molecule has 2 atom stereocenters. The molecule has 0 amide bonds. The van der Waals surface area contributed by atoms with Gasteiger partial charge in [0.05, 0.1) is 26.8 Å². The molecule has 0 aliphatic carbocycles. The first-order valence-electron chi connectivity index (χ1n) is 7.22. The van der Waals surface area contributed by atoms with E-state index in [4.69, 9.17) is 20.5 Å². The zero-order valence-electron chi connectivity index (χ0n) is 12.7. The monoisotopic (exact) mass is 289 g/mol. The van der Waals surface area contributed by atoms with Crippen LogP contribution in [0, 0.1) is 17.2 Å². The smallest absolute Gasteiger partial charge is 0.160 e. The van der Waals surface area contributed by atoms with Crippen LogP contribution in [0.15, 0.2) is 18.2 Å². The van der Waals surface area contributed by atoms with Gasteiger partial charge in [-0.25, -0.2) is 0 Å². The Bertz CT molecular complexity index is 513. The lowest BCUT2D eigenvalue weighted by Crippen LogP contribution is -2.47. The molecule has 0 saturated carbocycles. The minimum atomic E-state index is 0.150. The Kier molecular flexibility index (Phi) is 5.43. The predicted molar refractivity (Wildman–Crippen MR) is 81.4 cm³/mol. The van der Waals surface area contributed by atoms with Crippen molar-refractivity contribution in [2.45, 2.75) is 18.9 Å². The molecule has 114 valence electrons. The molecule has 0 aromatic heterocycles. The number of methoxy groups -OCH3 is 2. The van der Waals surface area contributed by atoms with E-state index in [9.17, 15) is 0 Å². The van der Waals surface area contributed by atoms with E-state index in [0.29, 0.717) is 12.5 Å².